The van der Waals surface area contributed by atoms with Crippen LogP contribution in [0.1, 0.15) is 10.4 Å². The molecule has 0 bridgehead atoms. The van der Waals surface area contributed by atoms with Gasteiger partial charge in [-0.3, -0.25) is 4.79 Å². The Balaban J connectivity index is 3.27. The van der Waals surface area contributed by atoms with E-state index in [2.05, 4.69) is 15.9 Å². The quantitative estimate of drug-likeness (QED) is 0.665. The van der Waals surface area contributed by atoms with Gasteiger partial charge in [0, 0.05) is 0 Å². The molecule has 0 spiro atoms. The molecule has 0 atom stereocenters. The lowest BCUT2D eigenvalue weighted by Crippen LogP contribution is -1.95. The molecule has 0 amide bonds. The molecule has 0 aliphatic carbocycles. The van der Waals surface area contributed by atoms with Crippen LogP contribution in [0.2, 0.25) is 0 Å². The van der Waals surface area contributed by atoms with Crippen LogP contribution in [0, 0.1) is 11.6 Å². The van der Waals surface area contributed by atoms with Crippen molar-refractivity contribution >= 4 is 20.6 Å². The van der Waals surface area contributed by atoms with E-state index in [-0.39, 0.29) is 5.56 Å². The molecule has 58 valence electrons. The molecule has 0 unspecified atom stereocenters. The summed E-state index contributed by atoms with van der Waals surface area (Å²) in [6, 6.07) is 3.43. The van der Waals surface area contributed by atoms with E-state index in [1.54, 1.807) is 0 Å². The summed E-state index contributed by atoms with van der Waals surface area (Å²) >= 11 is 2.52. The zero-order valence-electron chi connectivity index (χ0n) is 5.27. The van der Waals surface area contributed by atoms with Crippen molar-refractivity contribution in [2.45, 2.75) is 0 Å². The highest BCUT2D eigenvalue weighted by Gasteiger charge is 2.11. The second kappa shape index (κ2) is 3.09. The number of carbonyl (C=O) groups excluding carboxylic acids is 1. The molecule has 0 aliphatic heterocycles. The zero-order chi connectivity index (χ0) is 8.43. The number of carbonyl (C=O) groups is 1. The molecule has 11 heavy (non-hydrogen) atoms. The Morgan fingerprint density at radius 2 is 2.00 bits per heavy atom. The maximum absolute atomic E-state index is 12.6. The van der Waals surface area contributed by atoms with Crippen molar-refractivity contribution < 1.29 is 13.6 Å². The minimum absolute atomic E-state index is 0.287. The summed E-state index contributed by atoms with van der Waals surface area (Å²) in [5.74, 6) is -2.13. The van der Waals surface area contributed by atoms with Gasteiger partial charge in [0.15, 0.2) is 11.6 Å². The van der Waals surface area contributed by atoms with E-state index < -0.39 is 16.3 Å². The predicted molar refractivity (Wildman–Crippen MR) is 39.6 cm³/mol. The molecule has 0 heterocycles. The van der Waals surface area contributed by atoms with Gasteiger partial charge in [-0.1, -0.05) is 6.07 Å². The predicted octanol–water partition coefficient (Wildman–Crippen LogP) is 2.50. The maximum Gasteiger partial charge on any atom is 0.231 e. The second-order valence-electron chi connectivity index (χ2n) is 1.88. The third-order valence-electron chi connectivity index (χ3n) is 1.16. The van der Waals surface area contributed by atoms with Crippen LogP contribution < -0.4 is 0 Å². The SMILES string of the molecule is O=C(Br)c1cccc(F)c1F. The fourth-order valence-corrected chi connectivity index (χ4v) is 0.962. The van der Waals surface area contributed by atoms with E-state index in [0.29, 0.717) is 0 Å². The van der Waals surface area contributed by atoms with Crippen LogP contribution in [0.5, 0.6) is 0 Å². The average molecular weight is 221 g/mol. The molecule has 0 aromatic heterocycles. The van der Waals surface area contributed by atoms with Crippen LogP contribution in [0.15, 0.2) is 18.2 Å². The van der Waals surface area contributed by atoms with Crippen LogP contribution in [-0.2, 0) is 0 Å². The Morgan fingerprint density at radius 1 is 1.36 bits per heavy atom. The Labute approximate surface area is 70.2 Å². The lowest BCUT2D eigenvalue weighted by Gasteiger charge is -1.95. The summed E-state index contributed by atoms with van der Waals surface area (Å²) in [5, 5.41) is 0. The normalized spacial score (nSPS) is 9.73. The summed E-state index contributed by atoms with van der Waals surface area (Å²) in [7, 11) is 0. The number of hydrogen-bond acceptors (Lipinski definition) is 1. The largest absolute Gasteiger partial charge is 0.281 e. The van der Waals surface area contributed by atoms with Crippen molar-refractivity contribution in [3.8, 4) is 0 Å². The summed E-state index contributed by atoms with van der Waals surface area (Å²) in [4.78, 5) is 10.5. The van der Waals surface area contributed by atoms with Gasteiger partial charge in [0.2, 0.25) is 4.69 Å². The van der Waals surface area contributed by atoms with Gasteiger partial charge < -0.3 is 0 Å². The topological polar surface area (TPSA) is 17.1 Å². The summed E-state index contributed by atoms with van der Waals surface area (Å²) in [5.41, 5.74) is -0.287. The molecule has 1 aromatic carbocycles. The van der Waals surface area contributed by atoms with Crippen LogP contribution >= 0.6 is 15.9 Å². The zero-order valence-corrected chi connectivity index (χ0v) is 6.86. The first kappa shape index (κ1) is 8.33. The van der Waals surface area contributed by atoms with E-state index in [4.69, 9.17) is 0 Å². The van der Waals surface area contributed by atoms with Gasteiger partial charge in [0.05, 0.1) is 5.56 Å². The molecule has 0 N–H and O–H groups in total. The minimum Gasteiger partial charge on any atom is -0.281 e. The van der Waals surface area contributed by atoms with E-state index in [0.717, 1.165) is 6.07 Å². The number of hydrogen-bond donors (Lipinski definition) is 0. The first-order chi connectivity index (χ1) is 5.13. The lowest BCUT2D eigenvalue weighted by molar-refractivity contribution is 0.109. The molecule has 0 radical (unpaired) electrons. The average Bonchev–Trinajstić information content (AvgIpc) is 1.94. The van der Waals surface area contributed by atoms with E-state index in [9.17, 15) is 13.6 Å². The van der Waals surface area contributed by atoms with Gasteiger partial charge in [-0.15, -0.1) is 0 Å². The van der Waals surface area contributed by atoms with Crippen molar-refractivity contribution in [2.75, 3.05) is 0 Å². The third kappa shape index (κ3) is 1.63. The standard InChI is InChI=1S/C7H3BrF2O/c8-7(11)4-2-1-3-5(9)6(4)10/h1-3H. The molecule has 0 saturated carbocycles. The first-order valence-electron chi connectivity index (χ1n) is 2.77. The third-order valence-corrected chi connectivity index (χ3v) is 1.59. The number of rotatable bonds is 1. The number of halogens is 3. The molecule has 1 aromatic rings. The Bertz CT molecular complexity index is 298. The van der Waals surface area contributed by atoms with Crippen LogP contribution in [0.3, 0.4) is 0 Å². The van der Waals surface area contributed by atoms with Gasteiger partial charge >= 0.3 is 0 Å². The summed E-state index contributed by atoms with van der Waals surface area (Å²) in [6.07, 6.45) is 0. The van der Waals surface area contributed by atoms with E-state index in [1.807, 2.05) is 0 Å². The van der Waals surface area contributed by atoms with Gasteiger partial charge in [0.25, 0.3) is 0 Å². The van der Waals surface area contributed by atoms with Crippen molar-refractivity contribution in [1.82, 2.24) is 0 Å². The van der Waals surface area contributed by atoms with Crippen molar-refractivity contribution in [3.05, 3.63) is 35.4 Å². The molecule has 1 rings (SSSR count). The maximum atomic E-state index is 12.6. The van der Waals surface area contributed by atoms with E-state index >= 15 is 0 Å². The van der Waals surface area contributed by atoms with Crippen molar-refractivity contribution in [1.29, 1.82) is 0 Å². The summed E-state index contributed by atoms with van der Waals surface area (Å²) in [6.45, 7) is 0. The fourth-order valence-electron chi connectivity index (χ4n) is 0.656. The minimum atomic E-state index is -1.12. The first-order valence-corrected chi connectivity index (χ1v) is 3.56. The van der Waals surface area contributed by atoms with Gasteiger partial charge in [-0.05, 0) is 28.1 Å². The van der Waals surface area contributed by atoms with Crippen LogP contribution in [0.4, 0.5) is 8.78 Å². The summed E-state index contributed by atoms with van der Waals surface area (Å²) < 4.78 is 24.4. The number of benzene rings is 1. The molecular weight excluding hydrogens is 218 g/mol. The van der Waals surface area contributed by atoms with Gasteiger partial charge in [-0.2, -0.15) is 0 Å². The molecule has 0 saturated heterocycles. The lowest BCUT2D eigenvalue weighted by atomic mass is 10.2. The second-order valence-corrected chi connectivity index (χ2v) is 2.60. The van der Waals surface area contributed by atoms with Gasteiger partial charge in [0.1, 0.15) is 0 Å². The Kier molecular flexibility index (Phi) is 2.34. The monoisotopic (exact) mass is 220 g/mol. The highest BCUT2D eigenvalue weighted by Crippen LogP contribution is 2.13. The highest BCUT2D eigenvalue weighted by atomic mass is 79.9. The molecular formula is C7H3BrF2O. The smallest absolute Gasteiger partial charge is 0.231 e. The van der Waals surface area contributed by atoms with E-state index in [1.165, 1.54) is 12.1 Å². The van der Waals surface area contributed by atoms with Crippen LogP contribution in [-0.4, -0.2) is 4.69 Å². The Morgan fingerprint density at radius 3 is 2.45 bits per heavy atom. The Hall–Kier alpha value is -0.770. The highest BCUT2D eigenvalue weighted by molar-refractivity contribution is 9.18. The van der Waals surface area contributed by atoms with Crippen molar-refractivity contribution in [2.24, 2.45) is 0 Å². The molecule has 0 fully saturated rings. The van der Waals surface area contributed by atoms with Crippen molar-refractivity contribution in [3.63, 3.8) is 0 Å². The molecule has 1 nitrogen and oxygen atoms in total. The van der Waals surface area contributed by atoms with Gasteiger partial charge in [-0.25, -0.2) is 8.78 Å². The van der Waals surface area contributed by atoms with Crippen LogP contribution in [0.25, 0.3) is 0 Å². The molecule has 4 heteroatoms. The fraction of sp³-hybridized carbons (Fsp3) is 0. The molecule has 0 aliphatic rings.